The van der Waals surface area contributed by atoms with Gasteiger partial charge in [0.05, 0.1) is 0 Å². The summed E-state index contributed by atoms with van der Waals surface area (Å²) in [4.78, 5) is 15.7. The minimum Gasteiger partial charge on any atom is -0.320 e. The summed E-state index contributed by atoms with van der Waals surface area (Å²) in [5.74, 6) is 0.250. The van der Waals surface area contributed by atoms with E-state index in [1.54, 1.807) is 6.20 Å². The molecular formula is C11H15BrN2O. The van der Waals surface area contributed by atoms with Gasteiger partial charge in [-0.3, -0.25) is 9.78 Å². The van der Waals surface area contributed by atoms with Gasteiger partial charge in [0.25, 0.3) is 0 Å². The third-order valence-corrected chi connectivity index (χ3v) is 2.52. The zero-order valence-electron chi connectivity index (χ0n) is 8.79. The number of hydrogen-bond donors (Lipinski definition) is 1. The lowest BCUT2D eigenvalue weighted by atomic mass is 10.1. The van der Waals surface area contributed by atoms with E-state index < -0.39 is 0 Å². The Morgan fingerprint density at radius 2 is 2.33 bits per heavy atom. The maximum Gasteiger partial charge on any atom is 0.138 e. The number of hydrogen-bond acceptors (Lipinski definition) is 3. The average Bonchev–Trinajstić information content (AvgIpc) is 2.22. The van der Waals surface area contributed by atoms with E-state index in [2.05, 4.69) is 26.2 Å². The standard InChI is InChI=1S/C11H15BrN2O/c1-13-6-2-3-11(15)7-10-5-4-9(12)8-14-10/h4-5,8,13H,2-3,6-7H2,1H3. The molecule has 1 rings (SSSR count). The predicted molar refractivity (Wildman–Crippen MR) is 63.8 cm³/mol. The topological polar surface area (TPSA) is 42.0 Å². The first-order valence-electron chi connectivity index (χ1n) is 4.99. The minimum atomic E-state index is 0.250. The molecule has 4 heteroatoms. The first-order chi connectivity index (χ1) is 7.22. The van der Waals surface area contributed by atoms with Crippen molar-refractivity contribution in [2.75, 3.05) is 13.6 Å². The van der Waals surface area contributed by atoms with Crippen LogP contribution in [0.4, 0.5) is 0 Å². The highest BCUT2D eigenvalue weighted by atomic mass is 79.9. The molecule has 82 valence electrons. The monoisotopic (exact) mass is 270 g/mol. The molecule has 0 amide bonds. The Hall–Kier alpha value is -0.740. The molecular weight excluding hydrogens is 256 g/mol. The fraction of sp³-hybridized carbons (Fsp3) is 0.455. The zero-order valence-corrected chi connectivity index (χ0v) is 10.4. The van der Waals surface area contributed by atoms with E-state index in [1.165, 1.54) is 0 Å². The van der Waals surface area contributed by atoms with E-state index in [4.69, 9.17) is 0 Å². The van der Waals surface area contributed by atoms with Crippen LogP contribution >= 0.6 is 15.9 Å². The van der Waals surface area contributed by atoms with Crippen LogP contribution in [0.5, 0.6) is 0 Å². The van der Waals surface area contributed by atoms with Gasteiger partial charge in [0.15, 0.2) is 0 Å². The van der Waals surface area contributed by atoms with E-state index in [0.717, 1.165) is 23.1 Å². The van der Waals surface area contributed by atoms with Gasteiger partial charge in [0.1, 0.15) is 5.78 Å². The van der Waals surface area contributed by atoms with Crippen LogP contribution in [-0.2, 0) is 11.2 Å². The lowest BCUT2D eigenvalue weighted by Crippen LogP contribution is -2.11. The van der Waals surface area contributed by atoms with E-state index in [9.17, 15) is 4.79 Å². The Balaban J connectivity index is 2.34. The Bertz CT molecular complexity index is 311. The van der Waals surface area contributed by atoms with Crippen LogP contribution in [0.15, 0.2) is 22.8 Å². The molecule has 1 N–H and O–H groups in total. The second-order valence-corrected chi connectivity index (χ2v) is 4.31. The SMILES string of the molecule is CNCCCC(=O)Cc1ccc(Br)cn1. The van der Waals surface area contributed by atoms with Crippen molar-refractivity contribution in [2.24, 2.45) is 0 Å². The largest absolute Gasteiger partial charge is 0.320 e. The minimum absolute atomic E-state index is 0.250. The average molecular weight is 271 g/mol. The lowest BCUT2D eigenvalue weighted by molar-refractivity contribution is -0.118. The Kier molecular flexibility index (Phi) is 5.50. The summed E-state index contributed by atoms with van der Waals surface area (Å²) in [7, 11) is 1.89. The summed E-state index contributed by atoms with van der Waals surface area (Å²) >= 11 is 3.31. The Morgan fingerprint density at radius 1 is 1.53 bits per heavy atom. The third-order valence-electron chi connectivity index (χ3n) is 2.05. The van der Waals surface area contributed by atoms with Gasteiger partial charge in [-0.25, -0.2) is 0 Å². The number of halogens is 1. The summed E-state index contributed by atoms with van der Waals surface area (Å²) in [5.41, 5.74) is 0.840. The fourth-order valence-electron chi connectivity index (χ4n) is 1.26. The molecule has 0 aliphatic rings. The fourth-order valence-corrected chi connectivity index (χ4v) is 1.50. The molecule has 0 saturated heterocycles. The second-order valence-electron chi connectivity index (χ2n) is 3.39. The first kappa shape index (κ1) is 12.3. The van der Waals surface area contributed by atoms with Gasteiger partial charge in [0, 0.05) is 29.2 Å². The van der Waals surface area contributed by atoms with Crippen molar-refractivity contribution in [3.05, 3.63) is 28.5 Å². The zero-order chi connectivity index (χ0) is 11.1. The molecule has 3 nitrogen and oxygen atoms in total. The molecule has 15 heavy (non-hydrogen) atoms. The van der Waals surface area contributed by atoms with Crippen LogP contribution in [-0.4, -0.2) is 24.4 Å². The highest BCUT2D eigenvalue weighted by Crippen LogP contribution is 2.08. The normalized spacial score (nSPS) is 10.3. The van der Waals surface area contributed by atoms with Gasteiger partial charge in [-0.2, -0.15) is 0 Å². The molecule has 0 atom stereocenters. The van der Waals surface area contributed by atoms with Crippen molar-refractivity contribution < 1.29 is 4.79 Å². The van der Waals surface area contributed by atoms with E-state index >= 15 is 0 Å². The van der Waals surface area contributed by atoms with Crippen molar-refractivity contribution in [3.8, 4) is 0 Å². The number of carbonyl (C=O) groups excluding carboxylic acids is 1. The number of carbonyl (C=O) groups is 1. The molecule has 1 aromatic heterocycles. The highest BCUT2D eigenvalue weighted by molar-refractivity contribution is 9.10. The van der Waals surface area contributed by atoms with E-state index in [1.807, 2.05) is 19.2 Å². The molecule has 0 radical (unpaired) electrons. The van der Waals surface area contributed by atoms with Crippen LogP contribution in [0, 0.1) is 0 Å². The smallest absolute Gasteiger partial charge is 0.138 e. The van der Waals surface area contributed by atoms with Crippen LogP contribution in [0.2, 0.25) is 0 Å². The number of pyridine rings is 1. The predicted octanol–water partition coefficient (Wildman–Crippen LogP) is 1.96. The lowest BCUT2D eigenvalue weighted by Gasteiger charge is -2.00. The van der Waals surface area contributed by atoms with E-state index in [-0.39, 0.29) is 5.78 Å². The van der Waals surface area contributed by atoms with Gasteiger partial charge in [0.2, 0.25) is 0 Å². The van der Waals surface area contributed by atoms with E-state index in [0.29, 0.717) is 12.8 Å². The Morgan fingerprint density at radius 3 is 2.93 bits per heavy atom. The number of rotatable bonds is 6. The number of Topliss-reactive ketones (excluding diaryl/α,β-unsaturated/α-hetero) is 1. The summed E-state index contributed by atoms with van der Waals surface area (Å²) in [5, 5.41) is 3.02. The number of nitrogens with zero attached hydrogens (tertiary/aromatic N) is 1. The van der Waals surface area contributed by atoms with Gasteiger partial charge in [-0.05, 0) is 48.1 Å². The molecule has 0 aliphatic heterocycles. The summed E-state index contributed by atoms with van der Waals surface area (Å²) in [6, 6.07) is 3.78. The maximum absolute atomic E-state index is 11.5. The molecule has 1 heterocycles. The van der Waals surface area contributed by atoms with Crippen LogP contribution < -0.4 is 5.32 Å². The Labute approximate surface area is 98.4 Å². The molecule has 0 fully saturated rings. The third kappa shape index (κ3) is 5.04. The highest BCUT2D eigenvalue weighted by Gasteiger charge is 2.04. The van der Waals surface area contributed by atoms with Crippen molar-refractivity contribution in [2.45, 2.75) is 19.3 Å². The first-order valence-corrected chi connectivity index (χ1v) is 5.78. The molecule has 0 aromatic carbocycles. The van der Waals surface area contributed by atoms with Crippen molar-refractivity contribution in [1.29, 1.82) is 0 Å². The number of aromatic nitrogens is 1. The van der Waals surface area contributed by atoms with Crippen molar-refractivity contribution >= 4 is 21.7 Å². The van der Waals surface area contributed by atoms with Gasteiger partial charge in [-0.15, -0.1) is 0 Å². The van der Waals surface area contributed by atoms with Gasteiger partial charge >= 0.3 is 0 Å². The molecule has 1 aromatic rings. The summed E-state index contributed by atoms with van der Waals surface area (Å²) in [6.07, 6.45) is 3.68. The van der Waals surface area contributed by atoms with Crippen molar-refractivity contribution in [3.63, 3.8) is 0 Å². The molecule has 0 bridgehead atoms. The molecule has 0 spiro atoms. The summed E-state index contributed by atoms with van der Waals surface area (Å²) in [6.45, 7) is 0.888. The number of nitrogens with one attached hydrogen (secondary N) is 1. The number of ketones is 1. The maximum atomic E-state index is 11.5. The quantitative estimate of drug-likeness (QED) is 0.804. The van der Waals surface area contributed by atoms with Crippen LogP contribution in [0.3, 0.4) is 0 Å². The van der Waals surface area contributed by atoms with Gasteiger partial charge in [-0.1, -0.05) is 0 Å². The van der Waals surface area contributed by atoms with Crippen LogP contribution in [0.1, 0.15) is 18.5 Å². The second kappa shape index (κ2) is 6.69. The van der Waals surface area contributed by atoms with Crippen molar-refractivity contribution in [1.82, 2.24) is 10.3 Å². The van der Waals surface area contributed by atoms with Gasteiger partial charge < -0.3 is 5.32 Å². The summed E-state index contributed by atoms with van der Waals surface area (Å²) < 4.78 is 0.939. The van der Waals surface area contributed by atoms with Crippen LogP contribution in [0.25, 0.3) is 0 Å². The molecule has 0 unspecified atom stereocenters. The molecule has 0 saturated carbocycles. The molecule has 0 aliphatic carbocycles.